The molecule has 0 fully saturated rings. The van der Waals surface area contributed by atoms with E-state index < -0.39 is 18.3 Å². The highest BCUT2D eigenvalue weighted by Crippen LogP contribution is 2.14. The molecule has 0 saturated carbocycles. The average Bonchev–Trinajstić information content (AvgIpc) is 2.01. The van der Waals surface area contributed by atoms with Crippen LogP contribution in [0.1, 0.15) is 5.82 Å². The molecule has 0 spiro atoms. The fourth-order valence-corrected chi connectivity index (χ4v) is 0.748. The first-order chi connectivity index (χ1) is 6.47. The Labute approximate surface area is 76.7 Å². The molecule has 1 heterocycles. The number of hydrogen-bond acceptors (Lipinski definition) is 3. The molecule has 0 unspecified atom stereocenters. The van der Waals surface area contributed by atoms with E-state index in [4.69, 9.17) is 0 Å². The third-order valence-corrected chi connectivity index (χ3v) is 1.23. The van der Waals surface area contributed by atoms with Crippen LogP contribution < -0.4 is 5.56 Å². The molecule has 7 heteroatoms. The molecule has 0 amide bonds. The van der Waals surface area contributed by atoms with Gasteiger partial charge in [-0.1, -0.05) is 0 Å². The van der Waals surface area contributed by atoms with E-state index in [0.717, 1.165) is 6.07 Å². The minimum atomic E-state index is -4.37. The van der Waals surface area contributed by atoms with E-state index in [2.05, 4.69) is 14.7 Å². The first-order valence-electron chi connectivity index (χ1n) is 3.66. The number of H-pyrrole nitrogens is 1. The van der Waals surface area contributed by atoms with Crippen LogP contribution in [0.3, 0.4) is 0 Å². The summed E-state index contributed by atoms with van der Waals surface area (Å²) in [5, 5.41) is 0. The predicted molar refractivity (Wildman–Crippen MR) is 40.6 cm³/mol. The number of alkyl halides is 3. The van der Waals surface area contributed by atoms with Crippen molar-refractivity contribution in [1.29, 1.82) is 0 Å². The average molecular weight is 208 g/mol. The standard InChI is InChI=1S/C7H7F3N2O2/c8-7(9,10)4-14-3-5-11-2-1-6(13)12-5/h1-2H,3-4H2,(H,11,12,13). The van der Waals surface area contributed by atoms with E-state index in [1.54, 1.807) is 0 Å². The highest BCUT2D eigenvalue weighted by atomic mass is 19.4. The van der Waals surface area contributed by atoms with Gasteiger partial charge in [0.2, 0.25) is 0 Å². The molecular weight excluding hydrogens is 201 g/mol. The molecule has 0 bridgehead atoms. The number of nitrogens with one attached hydrogen (secondary N) is 1. The Bertz CT molecular complexity index is 347. The van der Waals surface area contributed by atoms with Crippen LogP contribution >= 0.6 is 0 Å². The van der Waals surface area contributed by atoms with Crippen LogP contribution in [0.2, 0.25) is 0 Å². The zero-order valence-corrected chi connectivity index (χ0v) is 6.97. The topological polar surface area (TPSA) is 55.0 Å². The molecule has 0 aliphatic carbocycles. The maximum Gasteiger partial charge on any atom is 0.411 e. The second kappa shape index (κ2) is 4.23. The van der Waals surface area contributed by atoms with Gasteiger partial charge in [-0.15, -0.1) is 0 Å². The summed E-state index contributed by atoms with van der Waals surface area (Å²) < 4.78 is 39.1. The van der Waals surface area contributed by atoms with Gasteiger partial charge in [0, 0.05) is 12.3 Å². The third kappa shape index (κ3) is 4.04. The highest BCUT2D eigenvalue weighted by molar-refractivity contribution is 4.87. The quantitative estimate of drug-likeness (QED) is 0.801. The molecule has 0 saturated heterocycles. The lowest BCUT2D eigenvalue weighted by Crippen LogP contribution is -2.18. The Hall–Kier alpha value is -1.37. The van der Waals surface area contributed by atoms with E-state index in [0.29, 0.717) is 0 Å². The predicted octanol–water partition coefficient (Wildman–Crippen LogP) is 0.849. The summed E-state index contributed by atoms with van der Waals surface area (Å²) in [4.78, 5) is 16.5. The summed E-state index contributed by atoms with van der Waals surface area (Å²) in [6.07, 6.45) is -3.17. The fraction of sp³-hybridized carbons (Fsp3) is 0.429. The molecule has 14 heavy (non-hydrogen) atoms. The molecule has 0 aliphatic rings. The van der Waals surface area contributed by atoms with Crippen molar-refractivity contribution >= 4 is 0 Å². The van der Waals surface area contributed by atoms with Gasteiger partial charge < -0.3 is 9.72 Å². The van der Waals surface area contributed by atoms with Gasteiger partial charge >= 0.3 is 6.18 Å². The number of aromatic amines is 1. The zero-order valence-electron chi connectivity index (χ0n) is 6.97. The lowest BCUT2D eigenvalue weighted by molar-refractivity contribution is -0.177. The van der Waals surface area contributed by atoms with Crippen LogP contribution in [0, 0.1) is 0 Å². The van der Waals surface area contributed by atoms with E-state index in [-0.39, 0.29) is 12.4 Å². The van der Waals surface area contributed by atoms with Crippen molar-refractivity contribution in [3.63, 3.8) is 0 Å². The Balaban J connectivity index is 2.43. The molecule has 78 valence electrons. The number of nitrogens with zero attached hydrogens (tertiary/aromatic N) is 1. The SMILES string of the molecule is O=c1ccnc(COCC(F)(F)F)[nH]1. The molecule has 0 aliphatic heterocycles. The molecule has 0 atom stereocenters. The summed E-state index contributed by atoms with van der Waals surface area (Å²) in [6.45, 7) is -1.72. The molecule has 0 aromatic carbocycles. The molecular formula is C7H7F3N2O2. The second-order valence-electron chi connectivity index (χ2n) is 2.49. The van der Waals surface area contributed by atoms with E-state index >= 15 is 0 Å². The zero-order chi connectivity index (χ0) is 10.6. The van der Waals surface area contributed by atoms with Gasteiger partial charge in [0.25, 0.3) is 5.56 Å². The lowest BCUT2D eigenvalue weighted by atomic mass is 10.5. The van der Waals surface area contributed by atoms with Crippen molar-refractivity contribution in [3.05, 3.63) is 28.4 Å². The summed E-state index contributed by atoms with van der Waals surface area (Å²) in [6, 6.07) is 1.16. The highest BCUT2D eigenvalue weighted by Gasteiger charge is 2.27. The smallest absolute Gasteiger partial charge is 0.364 e. The van der Waals surface area contributed by atoms with Crippen LogP contribution in [-0.4, -0.2) is 22.8 Å². The number of hydrogen-bond donors (Lipinski definition) is 1. The lowest BCUT2D eigenvalue weighted by Gasteiger charge is -2.06. The van der Waals surface area contributed by atoms with E-state index in [1.807, 2.05) is 0 Å². The van der Waals surface area contributed by atoms with Gasteiger partial charge in [-0.25, -0.2) is 4.98 Å². The van der Waals surface area contributed by atoms with Gasteiger partial charge in [0.15, 0.2) is 0 Å². The number of aromatic nitrogens is 2. The molecule has 1 aromatic heterocycles. The van der Waals surface area contributed by atoms with Crippen molar-refractivity contribution in [1.82, 2.24) is 9.97 Å². The molecule has 1 aromatic rings. The van der Waals surface area contributed by atoms with Gasteiger partial charge in [0.1, 0.15) is 19.0 Å². The summed E-state index contributed by atoms with van der Waals surface area (Å²) in [7, 11) is 0. The maximum atomic E-state index is 11.6. The number of rotatable bonds is 3. The second-order valence-corrected chi connectivity index (χ2v) is 2.49. The van der Waals surface area contributed by atoms with Crippen molar-refractivity contribution in [2.45, 2.75) is 12.8 Å². The largest absolute Gasteiger partial charge is 0.411 e. The first-order valence-corrected chi connectivity index (χ1v) is 3.66. The first kappa shape index (κ1) is 10.7. The van der Waals surface area contributed by atoms with Crippen LogP contribution in [0.15, 0.2) is 17.1 Å². The Morgan fingerprint density at radius 1 is 1.50 bits per heavy atom. The normalized spacial score (nSPS) is 11.6. The third-order valence-electron chi connectivity index (χ3n) is 1.23. The summed E-state index contributed by atoms with van der Waals surface area (Å²) >= 11 is 0. The Morgan fingerprint density at radius 3 is 2.79 bits per heavy atom. The van der Waals surface area contributed by atoms with Gasteiger partial charge in [-0.05, 0) is 0 Å². The van der Waals surface area contributed by atoms with Crippen LogP contribution in [-0.2, 0) is 11.3 Å². The number of halogens is 3. The fourth-order valence-electron chi connectivity index (χ4n) is 0.748. The minimum absolute atomic E-state index is 0.0711. The summed E-state index contributed by atoms with van der Waals surface area (Å²) in [5.74, 6) is 0.0711. The van der Waals surface area contributed by atoms with Gasteiger partial charge in [0.05, 0.1) is 0 Å². The summed E-state index contributed by atoms with van der Waals surface area (Å²) in [5.41, 5.74) is -0.425. The van der Waals surface area contributed by atoms with Crippen molar-refractivity contribution in [3.8, 4) is 0 Å². The monoisotopic (exact) mass is 208 g/mol. The van der Waals surface area contributed by atoms with Gasteiger partial charge in [-0.2, -0.15) is 13.2 Å². The van der Waals surface area contributed by atoms with Crippen LogP contribution in [0.25, 0.3) is 0 Å². The van der Waals surface area contributed by atoms with E-state index in [9.17, 15) is 18.0 Å². The van der Waals surface area contributed by atoms with Gasteiger partial charge in [-0.3, -0.25) is 4.79 Å². The van der Waals surface area contributed by atoms with Crippen LogP contribution in [0.4, 0.5) is 13.2 Å². The van der Waals surface area contributed by atoms with E-state index in [1.165, 1.54) is 6.20 Å². The minimum Gasteiger partial charge on any atom is -0.364 e. The maximum absolute atomic E-state index is 11.6. The Morgan fingerprint density at radius 2 is 2.21 bits per heavy atom. The molecule has 1 rings (SSSR count). The molecule has 1 N–H and O–H groups in total. The van der Waals surface area contributed by atoms with Crippen molar-refractivity contribution in [2.75, 3.05) is 6.61 Å². The molecule has 4 nitrogen and oxygen atoms in total. The molecule has 0 radical (unpaired) electrons. The van der Waals surface area contributed by atoms with Crippen molar-refractivity contribution in [2.24, 2.45) is 0 Å². The Kier molecular flexibility index (Phi) is 3.23. The number of ether oxygens (including phenoxy) is 1. The van der Waals surface area contributed by atoms with Crippen molar-refractivity contribution < 1.29 is 17.9 Å². The van der Waals surface area contributed by atoms with Crippen LogP contribution in [0.5, 0.6) is 0 Å².